The highest BCUT2D eigenvalue weighted by atomic mass is 16.7. The smallest absolute Gasteiger partial charge is 0.231 e. The van der Waals surface area contributed by atoms with Crippen molar-refractivity contribution in [2.45, 2.75) is 20.0 Å². The van der Waals surface area contributed by atoms with Crippen LogP contribution in [0.1, 0.15) is 12.5 Å². The lowest BCUT2D eigenvalue weighted by atomic mass is 10.2. The molecule has 128 valence electrons. The number of anilines is 1. The van der Waals surface area contributed by atoms with Gasteiger partial charge in [-0.3, -0.25) is 0 Å². The predicted molar refractivity (Wildman–Crippen MR) is 93.1 cm³/mol. The van der Waals surface area contributed by atoms with Crippen molar-refractivity contribution in [3.05, 3.63) is 48.0 Å². The van der Waals surface area contributed by atoms with Crippen molar-refractivity contribution in [2.24, 2.45) is 0 Å². The molecule has 0 spiro atoms. The molecule has 1 unspecified atom stereocenters. The highest BCUT2D eigenvalue weighted by Gasteiger charge is 2.17. The lowest BCUT2D eigenvalue weighted by Gasteiger charge is -2.26. The Kier molecular flexibility index (Phi) is 5.11. The van der Waals surface area contributed by atoms with Gasteiger partial charge in [-0.2, -0.15) is 0 Å². The Bertz CT molecular complexity index is 689. The Morgan fingerprint density at radius 1 is 1.17 bits per heavy atom. The molecule has 0 radical (unpaired) electrons. The summed E-state index contributed by atoms with van der Waals surface area (Å²) in [6.45, 7) is 5.83. The second kappa shape index (κ2) is 7.45. The summed E-state index contributed by atoms with van der Waals surface area (Å²) in [6, 6.07) is 13.6. The molecule has 1 aliphatic rings. The second-order valence-electron chi connectivity index (χ2n) is 5.81. The van der Waals surface area contributed by atoms with Crippen molar-refractivity contribution in [2.75, 3.05) is 31.4 Å². The fraction of sp³-hybridized carbons (Fsp3) is 0.368. The normalized spacial score (nSPS) is 13.6. The van der Waals surface area contributed by atoms with Crippen LogP contribution in [0.15, 0.2) is 42.5 Å². The van der Waals surface area contributed by atoms with E-state index in [1.807, 2.05) is 49.4 Å². The van der Waals surface area contributed by atoms with Crippen LogP contribution in [0.25, 0.3) is 0 Å². The zero-order valence-electron chi connectivity index (χ0n) is 14.1. The molecular weight excluding hydrogens is 306 g/mol. The van der Waals surface area contributed by atoms with Crippen LogP contribution in [-0.2, 0) is 0 Å². The first-order valence-electron chi connectivity index (χ1n) is 8.18. The average Bonchev–Trinajstić information content (AvgIpc) is 3.06. The Hall–Kier alpha value is -2.40. The Morgan fingerprint density at radius 2 is 1.96 bits per heavy atom. The number of hydrogen-bond acceptors (Lipinski definition) is 5. The first kappa shape index (κ1) is 16.5. The topological polar surface area (TPSA) is 51.2 Å². The summed E-state index contributed by atoms with van der Waals surface area (Å²) in [4.78, 5) is 2.09. The number of aliphatic hydroxyl groups excluding tert-OH is 1. The monoisotopic (exact) mass is 329 g/mol. The van der Waals surface area contributed by atoms with E-state index < -0.39 is 6.10 Å². The van der Waals surface area contributed by atoms with Crippen LogP contribution in [-0.4, -0.2) is 37.7 Å². The number of fused-ring (bicyclic) bond motifs is 1. The third-order valence-electron chi connectivity index (χ3n) is 4.06. The van der Waals surface area contributed by atoms with Gasteiger partial charge in [0, 0.05) is 24.8 Å². The van der Waals surface area contributed by atoms with Crippen LogP contribution in [0.3, 0.4) is 0 Å². The molecular formula is C19H23NO4. The lowest BCUT2D eigenvalue weighted by Crippen LogP contribution is -2.35. The summed E-state index contributed by atoms with van der Waals surface area (Å²) in [5, 5.41) is 10.3. The van der Waals surface area contributed by atoms with Crippen molar-refractivity contribution in [1.29, 1.82) is 0 Å². The van der Waals surface area contributed by atoms with Gasteiger partial charge in [-0.15, -0.1) is 0 Å². The Morgan fingerprint density at radius 3 is 2.75 bits per heavy atom. The van der Waals surface area contributed by atoms with Gasteiger partial charge in [0.2, 0.25) is 6.79 Å². The summed E-state index contributed by atoms with van der Waals surface area (Å²) in [5.41, 5.74) is 2.06. The number of aliphatic hydroxyl groups is 1. The summed E-state index contributed by atoms with van der Waals surface area (Å²) in [5.74, 6) is 2.32. The largest absolute Gasteiger partial charge is 0.491 e. The zero-order valence-corrected chi connectivity index (χ0v) is 14.1. The standard InChI is InChI=1S/C19H23NO4/c1-3-20(15-8-9-18-19(10-15)24-13-23-18)11-16(21)12-22-17-7-5-4-6-14(17)2/h4-10,16,21H,3,11-13H2,1-2H3. The van der Waals surface area contributed by atoms with E-state index in [9.17, 15) is 5.11 Å². The third-order valence-corrected chi connectivity index (χ3v) is 4.06. The van der Waals surface area contributed by atoms with Crippen LogP contribution < -0.4 is 19.1 Å². The summed E-state index contributed by atoms with van der Waals surface area (Å²) >= 11 is 0. The number of likely N-dealkylation sites (N-methyl/N-ethyl adjacent to an activating group) is 1. The van der Waals surface area contributed by atoms with Gasteiger partial charge in [0.15, 0.2) is 11.5 Å². The van der Waals surface area contributed by atoms with Gasteiger partial charge in [0.05, 0.1) is 0 Å². The van der Waals surface area contributed by atoms with E-state index in [2.05, 4.69) is 11.8 Å². The van der Waals surface area contributed by atoms with E-state index >= 15 is 0 Å². The minimum Gasteiger partial charge on any atom is -0.491 e. The first-order chi connectivity index (χ1) is 11.7. The molecule has 1 heterocycles. The van der Waals surface area contributed by atoms with Crippen molar-refractivity contribution in [3.63, 3.8) is 0 Å². The third kappa shape index (κ3) is 3.74. The molecule has 1 N–H and O–H groups in total. The Labute approximate surface area is 142 Å². The molecule has 2 aromatic rings. The molecule has 5 nitrogen and oxygen atoms in total. The molecule has 0 fully saturated rings. The molecule has 0 amide bonds. The highest BCUT2D eigenvalue weighted by molar-refractivity contribution is 5.57. The Balaban J connectivity index is 1.59. The molecule has 0 aliphatic carbocycles. The molecule has 0 saturated heterocycles. The molecule has 1 atom stereocenters. The van der Waals surface area contributed by atoms with E-state index in [0.29, 0.717) is 6.54 Å². The molecule has 5 heteroatoms. The van der Waals surface area contributed by atoms with Gasteiger partial charge < -0.3 is 24.2 Å². The summed E-state index contributed by atoms with van der Waals surface area (Å²) < 4.78 is 16.5. The molecule has 2 aromatic carbocycles. The van der Waals surface area contributed by atoms with E-state index in [0.717, 1.165) is 35.0 Å². The number of rotatable bonds is 7. The fourth-order valence-electron chi connectivity index (χ4n) is 2.71. The van der Waals surface area contributed by atoms with Crippen molar-refractivity contribution in [1.82, 2.24) is 0 Å². The van der Waals surface area contributed by atoms with Gasteiger partial charge in [0.25, 0.3) is 0 Å². The van der Waals surface area contributed by atoms with Crippen LogP contribution in [0.5, 0.6) is 17.2 Å². The second-order valence-corrected chi connectivity index (χ2v) is 5.81. The number of aryl methyl sites for hydroxylation is 1. The zero-order chi connectivity index (χ0) is 16.9. The fourth-order valence-corrected chi connectivity index (χ4v) is 2.71. The summed E-state index contributed by atoms with van der Waals surface area (Å²) in [6.07, 6.45) is -0.588. The molecule has 0 aromatic heterocycles. The number of hydrogen-bond donors (Lipinski definition) is 1. The van der Waals surface area contributed by atoms with Crippen molar-refractivity contribution in [3.8, 4) is 17.2 Å². The number of ether oxygens (including phenoxy) is 3. The molecule has 0 saturated carbocycles. The number of benzene rings is 2. The number of para-hydroxylation sites is 1. The molecule has 1 aliphatic heterocycles. The minimum atomic E-state index is -0.588. The molecule has 3 rings (SSSR count). The van der Waals surface area contributed by atoms with Crippen molar-refractivity contribution < 1.29 is 19.3 Å². The quantitative estimate of drug-likeness (QED) is 0.846. The van der Waals surface area contributed by atoms with Crippen LogP contribution >= 0.6 is 0 Å². The first-order valence-corrected chi connectivity index (χ1v) is 8.18. The van der Waals surface area contributed by atoms with Crippen molar-refractivity contribution >= 4 is 5.69 Å². The average molecular weight is 329 g/mol. The van der Waals surface area contributed by atoms with Gasteiger partial charge in [0.1, 0.15) is 18.5 Å². The van der Waals surface area contributed by atoms with Gasteiger partial charge in [-0.05, 0) is 37.6 Å². The maximum atomic E-state index is 10.3. The van der Waals surface area contributed by atoms with E-state index in [1.54, 1.807) is 0 Å². The van der Waals surface area contributed by atoms with Gasteiger partial charge in [-0.25, -0.2) is 0 Å². The van der Waals surface area contributed by atoms with E-state index in [4.69, 9.17) is 14.2 Å². The minimum absolute atomic E-state index is 0.256. The highest BCUT2D eigenvalue weighted by Crippen LogP contribution is 2.35. The lowest BCUT2D eigenvalue weighted by molar-refractivity contribution is 0.112. The summed E-state index contributed by atoms with van der Waals surface area (Å²) in [7, 11) is 0. The maximum Gasteiger partial charge on any atom is 0.231 e. The predicted octanol–water partition coefficient (Wildman–Crippen LogP) is 2.99. The van der Waals surface area contributed by atoms with E-state index in [-0.39, 0.29) is 13.4 Å². The number of nitrogens with zero attached hydrogens (tertiary/aromatic N) is 1. The maximum absolute atomic E-state index is 10.3. The van der Waals surface area contributed by atoms with Crippen LogP contribution in [0.2, 0.25) is 0 Å². The molecule has 24 heavy (non-hydrogen) atoms. The SMILES string of the molecule is CCN(CC(O)COc1ccccc1C)c1ccc2c(c1)OCO2. The van der Waals surface area contributed by atoms with Gasteiger partial charge >= 0.3 is 0 Å². The van der Waals surface area contributed by atoms with Crippen LogP contribution in [0.4, 0.5) is 5.69 Å². The van der Waals surface area contributed by atoms with E-state index in [1.165, 1.54) is 0 Å². The molecule has 0 bridgehead atoms. The van der Waals surface area contributed by atoms with Crippen LogP contribution in [0, 0.1) is 6.92 Å². The van der Waals surface area contributed by atoms with Gasteiger partial charge in [-0.1, -0.05) is 18.2 Å².